The molecule has 0 spiro atoms. The molecule has 1 aromatic carbocycles. The van der Waals surface area contributed by atoms with Crippen molar-refractivity contribution in [3.05, 3.63) is 41.3 Å². The van der Waals surface area contributed by atoms with Gasteiger partial charge in [-0.05, 0) is 30.2 Å². The van der Waals surface area contributed by atoms with E-state index < -0.39 is 16.3 Å². The van der Waals surface area contributed by atoms with Gasteiger partial charge in [0.05, 0.1) is 23.2 Å². The maximum atomic E-state index is 13.4. The highest BCUT2D eigenvalue weighted by Gasteiger charge is 2.27. The first kappa shape index (κ1) is 21.2. The fraction of sp³-hybridized carbons (Fsp3) is 0.444. The van der Waals surface area contributed by atoms with E-state index in [1.54, 1.807) is 12.1 Å². The highest BCUT2D eigenvalue weighted by molar-refractivity contribution is 7.92. The predicted octanol–water partition coefficient (Wildman–Crippen LogP) is 3.09. The lowest BCUT2D eigenvalue weighted by molar-refractivity contribution is -0.106. The zero-order valence-electron chi connectivity index (χ0n) is 16.2. The lowest BCUT2D eigenvalue weighted by Gasteiger charge is -2.24. The summed E-state index contributed by atoms with van der Waals surface area (Å²) < 4.78 is 49.2. The third-order valence-electron chi connectivity index (χ3n) is 4.07. The van der Waals surface area contributed by atoms with Gasteiger partial charge in [0.15, 0.2) is 6.29 Å². The second-order valence-electron chi connectivity index (χ2n) is 6.37. The van der Waals surface area contributed by atoms with Crippen LogP contribution in [0.25, 0.3) is 11.3 Å². The second-order valence-corrected chi connectivity index (χ2v) is 8.38. The van der Waals surface area contributed by atoms with E-state index in [1.807, 2.05) is 13.8 Å². The molecule has 0 atom stereocenters. The first-order valence-electron chi connectivity index (χ1n) is 8.27. The Morgan fingerprint density at radius 1 is 1.07 bits per heavy atom. The van der Waals surface area contributed by atoms with Gasteiger partial charge in [-0.2, -0.15) is 0 Å². The topological polar surface area (TPSA) is 81.6 Å². The summed E-state index contributed by atoms with van der Waals surface area (Å²) >= 11 is 0. The van der Waals surface area contributed by atoms with Crippen LogP contribution in [-0.2, 0) is 19.5 Å². The number of halogens is 1. The van der Waals surface area contributed by atoms with E-state index in [4.69, 9.17) is 9.47 Å². The molecule has 0 aliphatic heterocycles. The maximum absolute atomic E-state index is 13.4. The molecule has 0 radical (unpaired) electrons. The Balaban J connectivity index is 2.86. The van der Waals surface area contributed by atoms with Crippen LogP contribution >= 0.6 is 0 Å². The molecule has 0 N–H and O–H groups in total. The normalized spacial score (nSPS) is 12.0. The summed E-state index contributed by atoms with van der Waals surface area (Å²) in [5.74, 6) is -0.432. The van der Waals surface area contributed by atoms with Crippen molar-refractivity contribution in [2.75, 3.05) is 31.8 Å². The van der Waals surface area contributed by atoms with E-state index in [1.165, 1.54) is 33.4 Å². The van der Waals surface area contributed by atoms with Crippen LogP contribution in [0.3, 0.4) is 0 Å². The molecule has 0 fully saturated rings. The van der Waals surface area contributed by atoms with Gasteiger partial charge in [0.25, 0.3) is 0 Å². The van der Waals surface area contributed by atoms with Gasteiger partial charge in [-0.1, -0.05) is 13.8 Å². The Kier molecular flexibility index (Phi) is 6.50. The zero-order chi connectivity index (χ0) is 20.4. The summed E-state index contributed by atoms with van der Waals surface area (Å²) in [6.07, 6.45) is 0.310. The van der Waals surface area contributed by atoms with Gasteiger partial charge in [-0.15, -0.1) is 0 Å². The molecule has 148 valence electrons. The highest BCUT2D eigenvalue weighted by atomic mass is 32.2. The monoisotopic (exact) mass is 397 g/mol. The van der Waals surface area contributed by atoms with Gasteiger partial charge >= 0.3 is 0 Å². The van der Waals surface area contributed by atoms with Crippen molar-refractivity contribution < 1.29 is 22.3 Å². The fourth-order valence-corrected chi connectivity index (χ4v) is 2.97. The summed E-state index contributed by atoms with van der Waals surface area (Å²) in [7, 11) is 0.798. The second kappa shape index (κ2) is 8.28. The number of rotatable bonds is 7. The van der Waals surface area contributed by atoms with Crippen LogP contribution in [0.2, 0.25) is 0 Å². The Labute approximate surface area is 159 Å². The van der Waals surface area contributed by atoms with E-state index >= 15 is 0 Å². The summed E-state index contributed by atoms with van der Waals surface area (Å²) in [6, 6.07) is 5.76. The van der Waals surface area contributed by atoms with E-state index in [9.17, 15) is 12.8 Å². The lowest BCUT2D eigenvalue weighted by Crippen LogP contribution is -2.28. The minimum absolute atomic E-state index is 0.0234. The average molecular weight is 397 g/mol. The molecule has 0 amide bonds. The summed E-state index contributed by atoms with van der Waals surface area (Å²) in [4.78, 5) is 8.91. The molecule has 1 aromatic heterocycles. The number of methoxy groups -OCH3 is 2. The number of ether oxygens (including phenoxy) is 2. The predicted molar refractivity (Wildman–Crippen MR) is 102 cm³/mol. The summed E-state index contributed by atoms with van der Waals surface area (Å²) in [5.41, 5.74) is 2.18. The first-order chi connectivity index (χ1) is 12.6. The largest absolute Gasteiger partial charge is 0.352 e. The van der Waals surface area contributed by atoms with Crippen molar-refractivity contribution in [2.24, 2.45) is 0 Å². The molecule has 0 aliphatic carbocycles. The summed E-state index contributed by atoms with van der Waals surface area (Å²) in [5, 5.41) is 0. The number of nitrogens with zero attached hydrogens (tertiary/aromatic N) is 3. The van der Waals surface area contributed by atoms with Gasteiger partial charge in [-0.3, -0.25) is 0 Å². The minimum Gasteiger partial charge on any atom is -0.352 e. The van der Waals surface area contributed by atoms with Gasteiger partial charge in [-0.25, -0.2) is 27.1 Å². The molecule has 7 nitrogen and oxygen atoms in total. The molecule has 0 saturated carbocycles. The minimum atomic E-state index is -3.56. The van der Waals surface area contributed by atoms with Gasteiger partial charge in [0, 0.05) is 26.8 Å². The van der Waals surface area contributed by atoms with Gasteiger partial charge in [0.1, 0.15) is 5.82 Å². The highest BCUT2D eigenvalue weighted by Crippen LogP contribution is 2.35. The molecular formula is C18H24FN3O4S. The van der Waals surface area contributed by atoms with Gasteiger partial charge < -0.3 is 9.47 Å². The van der Waals surface area contributed by atoms with Crippen LogP contribution in [0.15, 0.2) is 24.3 Å². The third kappa shape index (κ3) is 4.60. The molecule has 0 unspecified atom stereocenters. The van der Waals surface area contributed by atoms with E-state index in [0.29, 0.717) is 22.5 Å². The Hall–Kier alpha value is -2.10. The first-order valence-corrected chi connectivity index (χ1v) is 10.1. The standard InChI is InChI=1S/C18H24FN3O4S/c1-11(2)15-14(17(25-4)26-5)16(12-7-9-13(19)10-8-12)21-18(20-15)22(3)27(6,23)24/h7-11,17H,1-6H3. The third-order valence-corrected chi connectivity index (χ3v) is 5.23. The van der Waals surface area contributed by atoms with Crippen LogP contribution in [0.4, 0.5) is 10.3 Å². The molecule has 9 heteroatoms. The van der Waals surface area contributed by atoms with Crippen molar-refractivity contribution in [2.45, 2.75) is 26.1 Å². The lowest BCUT2D eigenvalue weighted by atomic mass is 9.98. The molecule has 27 heavy (non-hydrogen) atoms. The zero-order valence-corrected chi connectivity index (χ0v) is 17.0. The van der Waals surface area contributed by atoms with Crippen LogP contribution in [0.5, 0.6) is 0 Å². The molecular weight excluding hydrogens is 373 g/mol. The molecule has 0 bridgehead atoms. The SMILES string of the molecule is COC(OC)c1c(-c2ccc(F)cc2)nc(N(C)S(C)(=O)=O)nc1C(C)C. The Morgan fingerprint density at radius 3 is 2.07 bits per heavy atom. The van der Waals surface area contributed by atoms with Gasteiger partial charge in [0.2, 0.25) is 16.0 Å². The molecule has 2 aromatic rings. The number of hydrogen-bond donors (Lipinski definition) is 0. The van der Waals surface area contributed by atoms with Crippen LogP contribution < -0.4 is 4.31 Å². The van der Waals surface area contributed by atoms with E-state index in [-0.39, 0.29) is 17.7 Å². The number of aromatic nitrogens is 2. The Bertz CT molecular complexity index is 898. The molecule has 0 aliphatic rings. The smallest absolute Gasteiger partial charge is 0.239 e. The summed E-state index contributed by atoms with van der Waals surface area (Å²) in [6.45, 7) is 3.85. The molecule has 0 saturated heterocycles. The van der Waals surface area contributed by atoms with Crippen molar-refractivity contribution in [3.63, 3.8) is 0 Å². The van der Waals surface area contributed by atoms with Crippen molar-refractivity contribution >= 4 is 16.0 Å². The quantitative estimate of drug-likeness (QED) is 0.668. The molecule has 1 heterocycles. The van der Waals surface area contributed by atoms with Crippen molar-refractivity contribution in [1.29, 1.82) is 0 Å². The fourth-order valence-electron chi connectivity index (χ4n) is 2.60. The van der Waals surface area contributed by atoms with Crippen molar-refractivity contribution in [3.8, 4) is 11.3 Å². The number of anilines is 1. The van der Waals surface area contributed by atoms with E-state index in [2.05, 4.69) is 9.97 Å². The number of sulfonamides is 1. The number of benzene rings is 1. The maximum Gasteiger partial charge on any atom is 0.239 e. The number of hydrogen-bond acceptors (Lipinski definition) is 6. The van der Waals surface area contributed by atoms with Crippen molar-refractivity contribution in [1.82, 2.24) is 9.97 Å². The molecule has 2 rings (SSSR count). The average Bonchev–Trinajstić information content (AvgIpc) is 2.61. The van der Waals surface area contributed by atoms with Crippen LogP contribution in [0, 0.1) is 5.82 Å². The van der Waals surface area contributed by atoms with Crippen LogP contribution in [-0.4, -0.2) is 45.9 Å². The van der Waals surface area contributed by atoms with Crippen LogP contribution in [0.1, 0.15) is 37.3 Å². The van der Waals surface area contributed by atoms with E-state index in [0.717, 1.165) is 10.6 Å². The Morgan fingerprint density at radius 2 is 1.63 bits per heavy atom.